The SMILES string of the molecule is CC1(C)CC(=O)C2=C(C1)NC(SCC(=O)c1ccccc1)=C(C#N)C2c1cccc([N+](=O)[O-])c1. The highest BCUT2D eigenvalue weighted by Gasteiger charge is 2.42. The Balaban J connectivity index is 1.77. The molecule has 34 heavy (non-hydrogen) atoms. The first-order valence-electron chi connectivity index (χ1n) is 10.8. The second-order valence-electron chi connectivity index (χ2n) is 9.18. The van der Waals surface area contributed by atoms with Crippen LogP contribution < -0.4 is 5.32 Å². The van der Waals surface area contributed by atoms with E-state index in [1.807, 2.05) is 19.9 Å². The third-order valence-electron chi connectivity index (χ3n) is 5.98. The van der Waals surface area contributed by atoms with Gasteiger partial charge in [-0.05, 0) is 17.4 Å². The summed E-state index contributed by atoms with van der Waals surface area (Å²) in [5.74, 6) is -0.769. The minimum Gasteiger partial charge on any atom is -0.352 e. The summed E-state index contributed by atoms with van der Waals surface area (Å²) in [5, 5.41) is 25.3. The van der Waals surface area contributed by atoms with Crippen LogP contribution in [-0.4, -0.2) is 22.2 Å². The fourth-order valence-corrected chi connectivity index (χ4v) is 5.44. The smallest absolute Gasteiger partial charge is 0.269 e. The number of rotatable bonds is 6. The molecule has 0 aromatic heterocycles. The van der Waals surface area contributed by atoms with Gasteiger partial charge in [0.2, 0.25) is 0 Å². The highest BCUT2D eigenvalue weighted by molar-refractivity contribution is 8.03. The van der Waals surface area contributed by atoms with Crippen molar-refractivity contribution in [2.45, 2.75) is 32.6 Å². The van der Waals surface area contributed by atoms with Crippen molar-refractivity contribution < 1.29 is 14.5 Å². The van der Waals surface area contributed by atoms with Crippen LogP contribution >= 0.6 is 11.8 Å². The number of hydrogen-bond donors (Lipinski definition) is 1. The second kappa shape index (κ2) is 9.27. The third-order valence-corrected chi connectivity index (χ3v) is 7.00. The summed E-state index contributed by atoms with van der Waals surface area (Å²) < 4.78 is 0. The Hall–Kier alpha value is -3.70. The van der Waals surface area contributed by atoms with Crippen LogP contribution in [0.2, 0.25) is 0 Å². The summed E-state index contributed by atoms with van der Waals surface area (Å²) in [7, 11) is 0. The average Bonchev–Trinajstić information content (AvgIpc) is 2.81. The number of benzene rings is 2. The van der Waals surface area contributed by atoms with Gasteiger partial charge in [0.15, 0.2) is 11.6 Å². The topological polar surface area (TPSA) is 113 Å². The van der Waals surface area contributed by atoms with Crippen molar-refractivity contribution in [2.75, 3.05) is 5.75 Å². The molecule has 0 radical (unpaired) electrons. The monoisotopic (exact) mass is 473 g/mol. The highest BCUT2D eigenvalue weighted by Crippen LogP contribution is 2.48. The molecular formula is C26H23N3O4S. The Labute approximate surface area is 201 Å². The van der Waals surface area contributed by atoms with Crippen LogP contribution in [0.1, 0.15) is 48.5 Å². The van der Waals surface area contributed by atoms with Crippen LogP contribution in [0.25, 0.3) is 0 Å². The van der Waals surface area contributed by atoms with Gasteiger partial charge in [-0.15, -0.1) is 0 Å². The molecule has 2 aromatic carbocycles. The molecular weight excluding hydrogens is 450 g/mol. The van der Waals surface area contributed by atoms with Gasteiger partial charge in [0.25, 0.3) is 5.69 Å². The van der Waals surface area contributed by atoms with Gasteiger partial charge in [-0.3, -0.25) is 19.7 Å². The lowest BCUT2D eigenvalue weighted by atomic mass is 9.69. The van der Waals surface area contributed by atoms with Gasteiger partial charge in [-0.2, -0.15) is 5.26 Å². The number of hydrogen-bond acceptors (Lipinski definition) is 7. The first-order valence-corrected chi connectivity index (χ1v) is 11.8. The van der Waals surface area contributed by atoms with Gasteiger partial charge >= 0.3 is 0 Å². The van der Waals surface area contributed by atoms with Crippen LogP contribution in [0.15, 0.2) is 76.5 Å². The van der Waals surface area contributed by atoms with Crippen molar-refractivity contribution in [3.05, 3.63) is 97.7 Å². The van der Waals surface area contributed by atoms with Crippen LogP contribution in [0.4, 0.5) is 5.69 Å². The number of carbonyl (C=O) groups is 2. The molecule has 0 saturated heterocycles. The first kappa shape index (κ1) is 23.5. The van der Waals surface area contributed by atoms with Gasteiger partial charge in [0, 0.05) is 35.4 Å². The standard InChI is InChI=1S/C26H23N3O4S/c1-26(2)12-20-24(21(30)13-26)23(17-9-6-10-18(11-17)29(32)33)19(14-27)25(28-20)34-15-22(31)16-7-4-3-5-8-16/h3-11,23,28H,12-13,15H2,1-2H3. The van der Waals surface area contributed by atoms with Crippen LogP contribution in [0.3, 0.4) is 0 Å². The molecule has 4 rings (SSSR count). The van der Waals surface area contributed by atoms with Gasteiger partial charge in [0.05, 0.1) is 33.3 Å². The second-order valence-corrected chi connectivity index (χ2v) is 10.2. The molecule has 172 valence electrons. The summed E-state index contributed by atoms with van der Waals surface area (Å²) in [4.78, 5) is 36.8. The van der Waals surface area contributed by atoms with E-state index in [2.05, 4.69) is 11.4 Å². The number of nitro groups is 1. The maximum absolute atomic E-state index is 13.2. The number of nitrogens with zero attached hydrogens (tertiary/aromatic N) is 2. The number of nitrogens with one attached hydrogen (secondary N) is 1. The molecule has 8 heteroatoms. The Morgan fingerprint density at radius 3 is 2.62 bits per heavy atom. The molecule has 0 amide bonds. The number of ketones is 2. The van der Waals surface area contributed by atoms with Crippen molar-refractivity contribution >= 4 is 29.0 Å². The Kier molecular flexibility index (Phi) is 6.40. The molecule has 1 heterocycles. The minimum atomic E-state index is -0.723. The quantitative estimate of drug-likeness (QED) is 0.345. The van der Waals surface area contributed by atoms with E-state index in [4.69, 9.17) is 0 Å². The molecule has 1 unspecified atom stereocenters. The van der Waals surface area contributed by atoms with Gasteiger partial charge in [-0.1, -0.05) is 68.1 Å². The number of nitro benzene ring substituents is 1. The van der Waals surface area contributed by atoms with Crippen molar-refractivity contribution in [1.29, 1.82) is 5.26 Å². The van der Waals surface area contributed by atoms with Crippen LogP contribution in [0, 0.1) is 26.9 Å². The zero-order valence-corrected chi connectivity index (χ0v) is 19.6. The number of dihydropyridines is 1. The van der Waals surface area contributed by atoms with Crippen molar-refractivity contribution in [3.8, 4) is 6.07 Å². The van der Waals surface area contributed by atoms with Crippen molar-refractivity contribution in [2.24, 2.45) is 5.41 Å². The molecule has 2 aromatic rings. The van der Waals surface area contributed by atoms with E-state index in [-0.39, 0.29) is 34.0 Å². The van der Waals surface area contributed by atoms with Gasteiger partial charge < -0.3 is 5.32 Å². The number of carbonyl (C=O) groups excluding carboxylic acids is 2. The molecule has 1 aliphatic carbocycles. The summed E-state index contributed by atoms with van der Waals surface area (Å²) in [6, 6.07) is 17.2. The molecule has 0 bridgehead atoms. The van der Waals surface area contributed by atoms with E-state index in [0.29, 0.717) is 40.3 Å². The maximum Gasteiger partial charge on any atom is 0.269 e. The number of Topliss-reactive ketones (excluding diaryl/α,β-unsaturated/α-hetero) is 2. The number of thioether (sulfide) groups is 1. The summed E-state index contributed by atoms with van der Waals surface area (Å²) >= 11 is 1.22. The summed E-state index contributed by atoms with van der Waals surface area (Å²) in [6.07, 6.45) is 0.918. The largest absolute Gasteiger partial charge is 0.352 e. The Bertz CT molecular complexity index is 1290. The fourth-order valence-electron chi connectivity index (χ4n) is 4.49. The lowest BCUT2D eigenvalue weighted by Gasteiger charge is -2.39. The minimum absolute atomic E-state index is 0.0765. The molecule has 0 fully saturated rings. The van der Waals surface area contributed by atoms with Gasteiger partial charge in [0.1, 0.15) is 0 Å². The molecule has 1 N–H and O–H groups in total. The Morgan fingerprint density at radius 2 is 1.94 bits per heavy atom. The lowest BCUT2D eigenvalue weighted by molar-refractivity contribution is -0.384. The zero-order chi connectivity index (χ0) is 24.5. The van der Waals surface area contributed by atoms with Gasteiger partial charge in [-0.25, -0.2) is 0 Å². The van der Waals surface area contributed by atoms with Crippen molar-refractivity contribution in [1.82, 2.24) is 5.32 Å². The Morgan fingerprint density at radius 1 is 1.21 bits per heavy atom. The fraction of sp³-hybridized carbons (Fsp3) is 0.269. The predicted molar refractivity (Wildman–Crippen MR) is 130 cm³/mol. The van der Waals surface area contributed by atoms with E-state index < -0.39 is 10.8 Å². The van der Waals surface area contributed by atoms with E-state index in [1.165, 1.54) is 23.9 Å². The third kappa shape index (κ3) is 4.66. The number of allylic oxidation sites excluding steroid dienone is 3. The van der Waals surface area contributed by atoms with Crippen LogP contribution in [0.5, 0.6) is 0 Å². The van der Waals surface area contributed by atoms with E-state index in [0.717, 1.165) is 0 Å². The molecule has 1 atom stereocenters. The number of non-ortho nitro benzene ring substituents is 1. The molecule has 2 aliphatic rings. The molecule has 0 spiro atoms. The lowest BCUT2D eigenvalue weighted by Crippen LogP contribution is -2.37. The average molecular weight is 474 g/mol. The molecule has 1 aliphatic heterocycles. The normalized spacial score (nSPS) is 19.2. The van der Waals surface area contributed by atoms with E-state index in [1.54, 1.807) is 36.4 Å². The van der Waals surface area contributed by atoms with Crippen LogP contribution in [-0.2, 0) is 4.79 Å². The van der Waals surface area contributed by atoms with Crippen molar-refractivity contribution in [3.63, 3.8) is 0 Å². The summed E-state index contributed by atoms with van der Waals surface area (Å²) in [5.41, 5.74) is 2.21. The predicted octanol–water partition coefficient (Wildman–Crippen LogP) is 5.28. The first-order chi connectivity index (χ1) is 16.2. The maximum atomic E-state index is 13.2. The molecule has 7 nitrogen and oxygen atoms in total. The molecule has 0 saturated carbocycles. The van der Waals surface area contributed by atoms with E-state index in [9.17, 15) is 25.0 Å². The summed E-state index contributed by atoms with van der Waals surface area (Å²) in [6.45, 7) is 4.02. The van der Waals surface area contributed by atoms with E-state index >= 15 is 0 Å². The number of nitriles is 1. The zero-order valence-electron chi connectivity index (χ0n) is 18.8. The highest BCUT2D eigenvalue weighted by atomic mass is 32.2.